The second-order valence-electron chi connectivity index (χ2n) is 6.70. The number of hydrogen-bond donors (Lipinski definition) is 3. The quantitative estimate of drug-likeness (QED) is 0.580. The third-order valence-corrected chi connectivity index (χ3v) is 4.26. The van der Waals surface area contributed by atoms with Crippen LogP contribution in [-0.2, 0) is 0 Å². The van der Waals surface area contributed by atoms with E-state index in [0.717, 1.165) is 11.3 Å². The van der Waals surface area contributed by atoms with Crippen LogP contribution in [0, 0.1) is 17.2 Å². The molecule has 0 unspecified atom stereocenters. The third kappa shape index (κ3) is 4.81. The van der Waals surface area contributed by atoms with Crippen molar-refractivity contribution in [2.75, 3.05) is 17.2 Å². The molecule has 0 aliphatic carbocycles. The summed E-state index contributed by atoms with van der Waals surface area (Å²) < 4.78 is 0. The van der Waals surface area contributed by atoms with Gasteiger partial charge in [-0.1, -0.05) is 19.9 Å². The summed E-state index contributed by atoms with van der Waals surface area (Å²) in [6, 6.07) is 14.7. The maximum Gasteiger partial charge on any atom is 0.225 e. The van der Waals surface area contributed by atoms with Crippen molar-refractivity contribution >= 4 is 17.5 Å². The minimum atomic E-state index is -0.168. The molecule has 0 spiro atoms. The van der Waals surface area contributed by atoms with Crippen molar-refractivity contribution in [2.24, 2.45) is 5.92 Å². The normalized spacial score (nSPS) is 11.7. The Morgan fingerprint density at radius 1 is 1.14 bits per heavy atom. The van der Waals surface area contributed by atoms with Crippen molar-refractivity contribution in [1.82, 2.24) is 15.0 Å². The Hall–Kier alpha value is -3.50. The fraction of sp³-hybridized carbons (Fsp3) is 0.238. The molecule has 0 saturated heterocycles. The molecule has 1 aromatic carbocycles. The molecule has 28 heavy (non-hydrogen) atoms. The molecule has 142 valence electrons. The summed E-state index contributed by atoms with van der Waals surface area (Å²) in [4.78, 5) is 13.3. The molecule has 2 aromatic heterocycles. The van der Waals surface area contributed by atoms with Crippen LogP contribution in [0.4, 0.5) is 17.5 Å². The Bertz CT molecular complexity index is 968. The minimum absolute atomic E-state index is 0.0227. The summed E-state index contributed by atoms with van der Waals surface area (Å²) in [6.45, 7) is 4.02. The SMILES string of the molecule is CC(C)[C@@H](CO)Nc1nc(Nc2cccc(C#N)c2)cc(-c2cccnc2)n1. The number of pyridine rings is 1. The third-order valence-electron chi connectivity index (χ3n) is 4.26. The highest BCUT2D eigenvalue weighted by atomic mass is 16.3. The average Bonchev–Trinajstić information content (AvgIpc) is 2.72. The lowest BCUT2D eigenvalue weighted by Crippen LogP contribution is -2.30. The highest BCUT2D eigenvalue weighted by Gasteiger charge is 2.15. The maximum atomic E-state index is 9.63. The molecule has 3 aromatic rings. The minimum Gasteiger partial charge on any atom is -0.394 e. The molecular formula is C21H22N6O. The number of anilines is 3. The molecule has 0 fully saturated rings. The summed E-state index contributed by atoms with van der Waals surface area (Å²) >= 11 is 0. The smallest absolute Gasteiger partial charge is 0.225 e. The molecule has 1 atom stereocenters. The standard InChI is InChI=1S/C21H22N6O/c1-14(2)19(13-28)26-21-25-18(16-6-4-8-23-12-16)10-20(27-21)24-17-7-3-5-15(9-17)11-22/h3-10,12,14,19,28H,13H2,1-2H3,(H2,24,25,26,27)/t19-/m1/s1. The van der Waals surface area contributed by atoms with Crippen LogP contribution in [0.1, 0.15) is 19.4 Å². The van der Waals surface area contributed by atoms with Gasteiger partial charge >= 0.3 is 0 Å². The van der Waals surface area contributed by atoms with Gasteiger partial charge in [-0.2, -0.15) is 10.2 Å². The van der Waals surface area contributed by atoms with E-state index in [1.165, 1.54) is 0 Å². The number of nitriles is 1. The molecule has 7 nitrogen and oxygen atoms in total. The molecule has 3 rings (SSSR count). The van der Waals surface area contributed by atoms with Crippen LogP contribution in [-0.4, -0.2) is 32.7 Å². The molecule has 0 aliphatic rings. The molecule has 7 heteroatoms. The van der Waals surface area contributed by atoms with Gasteiger partial charge in [-0.3, -0.25) is 4.98 Å². The average molecular weight is 374 g/mol. The lowest BCUT2D eigenvalue weighted by molar-refractivity contribution is 0.248. The van der Waals surface area contributed by atoms with Gasteiger partial charge in [-0.05, 0) is 36.2 Å². The first-order valence-electron chi connectivity index (χ1n) is 9.03. The second-order valence-corrected chi connectivity index (χ2v) is 6.70. The summed E-state index contributed by atoms with van der Waals surface area (Å²) in [5.41, 5.74) is 2.87. The van der Waals surface area contributed by atoms with Crippen LogP contribution in [0.15, 0.2) is 54.9 Å². The van der Waals surface area contributed by atoms with Crippen molar-refractivity contribution in [3.63, 3.8) is 0 Å². The van der Waals surface area contributed by atoms with E-state index in [-0.39, 0.29) is 18.6 Å². The van der Waals surface area contributed by atoms with Crippen molar-refractivity contribution in [3.8, 4) is 17.3 Å². The Kier molecular flexibility index (Phi) is 6.14. The first-order chi connectivity index (χ1) is 13.6. The molecular weight excluding hydrogens is 352 g/mol. The van der Waals surface area contributed by atoms with E-state index in [1.807, 2.05) is 44.2 Å². The molecule has 0 radical (unpaired) electrons. The molecule has 0 bridgehead atoms. The Morgan fingerprint density at radius 2 is 2.00 bits per heavy atom. The highest BCUT2D eigenvalue weighted by Crippen LogP contribution is 2.24. The lowest BCUT2D eigenvalue weighted by atomic mass is 10.1. The van der Waals surface area contributed by atoms with Crippen molar-refractivity contribution in [2.45, 2.75) is 19.9 Å². The largest absolute Gasteiger partial charge is 0.394 e. The van der Waals surface area contributed by atoms with Gasteiger partial charge in [0.1, 0.15) is 5.82 Å². The number of nitrogens with one attached hydrogen (secondary N) is 2. The molecule has 0 amide bonds. The van der Waals surface area contributed by atoms with E-state index < -0.39 is 0 Å². The van der Waals surface area contributed by atoms with E-state index in [2.05, 4.69) is 31.7 Å². The molecule has 0 aliphatic heterocycles. The van der Waals surface area contributed by atoms with E-state index in [0.29, 0.717) is 23.0 Å². The number of aromatic nitrogens is 3. The van der Waals surface area contributed by atoms with Gasteiger partial charge in [0.15, 0.2) is 0 Å². The van der Waals surface area contributed by atoms with Crippen LogP contribution in [0.5, 0.6) is 0 Å². The summed E-state index contributed by atoms with van der Waals surface area (Å²) in [7, 11) is 0. The van der Waals surface area contributed by atoms with Crippen LogP contribution >= 0.6 is 0 Å². The zero-order chi connectivity index (χ0) is 19.9. The monoisotopic (exact) mass is 374 g/mol. The van der Waals surface area contributed by atoms with Gasteiger partial charge in [0.25, 0.3) is 0 Å². The number of rotatable bonds is 7. The van der Waals surface area contributed by atoms with Crippen molar-refractivity contribution < 1.29 is 5.11 Å². The summed E-state index contributed by atoms with van der Waals surface area (Å²) in [5, 5.41) is 25.2. The van der Waals surface area contributed by atoms with E-state index >= 15 is 0 Å². The first kappa shape index (κ1) is 19.3. The summed E-state index contributed by atoms with van der Waals surface area (Å²) in [5.74, 6) is 1.19. The molecule has 3 N–H and O–H groups in total. The van der Waals surface area contributed by atoms with Crippen LogP contribution in [0.25, 0.3) is 11.3 Å². The second kappa shape index (κ2) is 8.93. The van der Waals surface area contributed by atoms with Crippen LogP contribution in [0.3, 0.4) is 0 Å². The topological polar surface area (TPSA) is 107 Å². The Morgan fingerprint density at radius 3 is 2.68 bits per heavy atom. The van der Waals surface area contributed by atoms with Gasteiger partial charge in [0.2, 0.25) is 5.95 Å². The molecule has 2 heterocycles. The number of aliphatic hydroxyl groups is 1. The zero-order valence-corrected chi connectivity index (χ0v) is 15.8. The first-order valence-corrected chi connectivity index (χ1v) is 9.03. The lowest BCUT2D eigenvalue weighted by Gasteiger charge is -2.20. The number of aliphatic hydroxyl groups excluding tert-OH is 1. The Balaban J connectivity index is 1.98. The van der Waals surface area contributed by atoms with Gasteiger partial charge < -0.3 is 15.7 Å². The predicted molar refractivity (Wildman–Crippen MR) is 109 cm³/mol. The van der Waals surface area contributed by atoms with Gasteiger partial charge in [-0.15, -0.1) is 0 Å². The number of nitrogens with zero attached hydrogens (tertiary/aromatic N) is 4. The van der Waals surface area contributed by atoms with Crippen LogP contribution < -0.4 is 10.6 Å². The molecule has 0 saturated carbocycles. The van der Waals surface area contributed by atoms with Gasteiger partial charge in [-0.25, -0.2) is 4.98 Å². The van der Waals surface area contributed by atoms with E-state index in [4.69, 9.17) is 5.26 Å². The predicted octanol–water partition coefficient (Wildman–Crippen LogP) is 3.58. The van der Waals surface area contributed by atoms with Crippen LogP contribution in [0.2, 0.25) is 0 Å². The fourth-order valence-corrected chi connectivity index (χ4v) is 2.64. The summed E-state index contributed by atoms with van der Waals surface area (Å²) in [6.07, 6.45) is 3.44. The van der Waals surface area contributed by atoms with Gasteiger partial charge in [0, 0.05) is 29.7 Å². The zero-order valence-electron chi connectivity index (χ0n) is 15.8. The Labute approximate surface area is 164 Å². The van der Waals surface area contributed by atoms with E-state index in [1.54, 1.807) is 24.5 Å². The highest BCUT2D eigenvalue weighted by molar-refractivity contribution is 5.67. The number of hydrogen-bond acceptors (Lipinski definition) is 7. The maximum absolute atomic E-state index is 9.63. The van der Waals surface area contributed by atoms with Crippen molar-refractivity contribution in [3.05, 3.63) is 60.4 Å². The van der Waals surface area contributed by atoms with Gasteiger partial charge in [0.05, 0.1) is 30.0 Å². The van der Waals surface area contributed by atoms with E-state index in [9.17, 15) is 5.11 Å². The number of benzene rings is 1. The fourth-order valence-electron chi connectivity index (χ4n) is 2.64. The van der Waals surface area contributed by atoms with Crippen molar-refractivity contribution in [1.29, 1.82) is 5.26 Å².